The highest BCUT2D eigenvalue weighted by molar-refractivity contribution is 5.78. The number of nitrogens with zero attached hydrogens (tertiary/aromatic N) is 2. The Morgan fingerprint density at radius 3 is 2.41 bits per heavy atom. The number of hydrogen-bond donors (Lipinski definition) is 0. The molecule has 0 N–H and O–H groups in total. The smallest absolute Gasteiger partial charge is 0.457 e. The van der Waals surface area contributed by atoms with E-state index in [1.54, 1.807) is 6.92 Å². The van der Waals surface area contributed by atoms with E-state index in [0.29, 0.717) is 35.2 Å². The van der Waals surface area contributed by atoms with Crippen LogP contribution in [0.3, 0.4) is 0 Å². The molecule has 4 fully saturated rings. The minimum absolute atomic E-state index is 0.00979. The number of carbonyl (C=O) groups is 1. The van der Waals surface area contributed by atoms with Crippen molar-refractivity contribution in [1.82, 2.24) is 9.97 Å². The summed E-state index contributed by atoms with van der Waals surface area (Å²) in [7, 11) is 0. The molecule has 44 heavy (non-hydrogen) atoms. The molecule has 5 aliphatic rings. The lowest BCUT2D eigenvalue weighted by Crippen LogP contribution is -2.67. The fourth-order valence-electron chi connectivity index (χ4n) is 12.6. The van der Waals surface area contributed by atoms with Gasteiger partial charge in [-0.1, -0.05) is 46.8 Å². The molecule has 2 heterocycles. The van der Waals surface area contributed by atoms with Crippen LogP contribution >= 0.6 is 0 Å². The average molecular weight is 603 g/mol. The Hall–Kier alpha value is -2.70. The fourth-order valence-corrected chi connectivity index (χ4v) is 12.6. The van der Waals surface area contributed by atoms with Crippen molar-refractivity contribution in [2.45, 2.75) is 118 Å². The predicted octanol–water partition coefficient (Wildman–Crippen LogP) is 7.75. The van der Waals surface area contributed by atoms with Crippen molar-refractivity contribution in [3.05, 3.63) is 58.1 Å². The molecule has 238 valence electrons. The van der Waals surface area contributed by atoms with Crippen molar-refractivity contribution in [2.75, 3.05) is 0 Å². The summed E-state index contributed by atoms with van der Waals surface area (Å²) >= 11 is 0. The Morgan fingerprint density at radius 2 is 1.70 bits per heavy atom. The van der Waals surface area contributed by atoms with Crippen LogP contribution in [0.25, 0.3) is 0 Å². The molecule has 0 radical (unpaired) electrons. The van der Waals surface area contributed by atoms with E-state index in [-0.39, 0.29) is 40.2 Å². The summed E-state index contributed by atoms with van der Waals surface area (Å²) in [6, 6.07) is 0. The van der Waals surface area contributed by atoms with Crippen LogP contribution in [0.1, 0.15) is 116 Å². The Balaban J connectivity index is 1.24. The maximum Gasteiger partial charge on any atom is 0.519 e. The zero-order valence-electron chi connectivity index (χ0n) is 27.8. The SMILES string of the molecule is C=C(C)[C@@H]1CC[C@]2(C(=O)OCc3oc(=O)oc3C)CC[C@]3(C)[C@H](CC[C@@H]4[C@@]5(C)Cc6nccnc6C(C)(C)[C@@H]5CC[C@]43C)[C@@H]12. The lowest BCUT2D eigenvalue weighted by atomic mass is 9.32. The number of esters is 1. The number of carbonyl (C=O) groups excluding carboxylic acids is 1. The number of aromatic nitrogens is 2. The summed E-state index contributed by atoms with van der Waals surface area (Å²) < 4.78 is 16.2. The van der Waals surface area contributed by atoms with E-state index in [9.17, 15) is 9.59 Å². The Bertz CT molecular complexity index is 1570. The molecule has 0 bridgehead atoms. The second-order valence-corrected chi connectivity index (χ2v) is 16.6. The van der Waals surface area contributed by atoms with Crippen molar-refractivity contribution in [3.8, 4) is 0 Å². The topological polar surface area (TPSA) is 95.4 Å². The van der Waals surface area contributed by atoms with E-state index in [2.05, 4.69) is 48.1 Å². The maximum atomic E-state index is 14.2. The molecule has 0 saturated heterocycles. The van der Waals surface area contributed by atoms with Crippen LogP contribution in [0.5, 0.6) is 0 Å². The van der Waals surface area contributed by atoms with Crippen LogP contribution < -0.4 is 5.82 Å². The zero-order valence-corrected chi connectivity index (χ0v) is 27.8. The van der Waals surface area contributed by atoms with Crippen LogP contribution in [0.4, 0.5) is 0 Å². The highest BCUT2D eigenvalue weighted by Crippen LogP contribution is 2.77. The number of rotatable bonds is 4. The standard InChI is InChI=1S/C37H50N2O5/c1-21(2)23-11-14-37(31(40)42-20-26-22(3)43-32(41)44-26)16-15-35(7)24(29(23)37)9-10-28-34(6)19-25-30(39-18-17-38-25)33(4,5)27(34)12-13-36(28,35)8/h17-18,23-24,27-29H,1,9-16,19-20H2,2-8H3/t23-,24+,27-,28+,29+,34-,35+,36+,37-/m0/s1. The van der Waals surface area contributed by atoms with Gasteiger partial charge in [0.1, 0.15) is 0 Å². The molecule has 0 unspecified atom stereocenters. The van der Waals surface area contributed by atoms with Gasteiger partial charge in [-0.05, 0) is 117 Å². The van der Waals surface area contributed by atoms with Crippen LogP contribution in [0.2, 0.25) is 0 Å². The normalized spacial score (nSPS) is 41.8. The molecular formula is C37H50N2O5. The maximum absolute atomic E-state index is 14.2. The van der Waals surface area contributed by atoms with Gasteiger partial charge in [0.2, 0.25) is 0 Å². The average Bonchev–Trinajstić information content (AvgIpc) is 3.51. The van der Waals surface area contributed by atoms with Gasteiger partial charge in [-0.3, -0.25) is 14.8 Å². The quantitative estimate of drug-likeness (QED) is 0.261. The molecule has 0 aliphatic heterocycles. The molecule has 7 heteroatoms. The first-order chi connectivity index (χ1) is 20.7. The van der Waals surface area contributed by atoms with Crippen molar-refractivity contribution in [1.29, 1.82) is 0 Å². The molecule has 7 rings (SSSR count). The van der Waals surface area contributed by atoms with Crippen LogP contribution in [-0.4, -0.2) is 15.9 Å². The molecule has 0 amide bonds. The molecule has 7 nitrogen and oxygen atoms in total. The number of hydrogen-bond acceptors (Lipinski definition) is 7. The van der Waals surface area contributed by atoms with Gasteiger partial charge in [0.05, 0.1) is 16.8 Å². The molecule has 0 spiro atoms. The second-order valence-electron chi connectivity index (χ2n) is 16.6. The number of allylic oxidation sites excluding steroid dienone is 1. The number of aryl methyl sites for hydroxylation is 1. The predicted molar refractivity (Wildman–Crippen MR) is 166 cm³/mol. The minimum atomic E-state index is -0.758. The van der Waals surface area contributed by atoms with E-state index in [1.165, 1.54) is 36.2 Å². The van der Waals surface area contributed by atoms with Gasteiger partial charge in [-0.2, -0.15) is 0 Å². The van der Waals surface area contributed by atoms with Gasteiger partial charge in [0.25, 0.3) is 0 Å². The third kappa shape index (κ3) is 3.79. The summed E-state index contributed by atoms with van der Waals surface area (Å²) in [5.74, 6) is 1.86. The van der Waals surface area contributed by atoms with Crippen molar-refractivity contribution in [3.63, 3.8) is 0 Å². The summed E-state index contributed by atoms with van der Waals surface area (Å²) in [6.45, 7) is 20.8. The third-order valence-corrected chi connectivity index (χ3v) is 14.7. The molecule has 9 atom stereocenters. The monoisotopic (exact) mass is 602 g/mol. The van der Waals surface area contributed by atoms with Gasteiger partial charge in [-0.15, -0.1) is 0 Å². The Kier molecular flexibility index (Phi) is 6.58. The summed E-state index contributed by atoms with van der Waals surface area (Å²) in [6.07, 6.45) is 13.1. The van der Waals surface area contributed by atoms with Crippen LogP contribution in [0.15, 0.2) is 38.2 Å². The van der Waals surface area contributed by atoms with Crippen molar-refractivity contribution in [2.24, 2.45) is 51.2 Å². The largest absolute Gasteiger partial charge is 0.519 e. The van der Waals surface area contributed by atoms with E-state index < -0.39 is 11.2 Å². The number of fused-ring (bicyclic) bond motifs is 8. The van der Waals surface area contributed by atoms with E-state index >= 15 is 0 Å². The first kappa shape index (κ1) is 30.0. The highest BCUT2D eigenvalue weighted by Gasteiger charge is 2.72. The van der Waals surface area contributed by atoms with Gasteiger partial charge in [0.15, 0.2) is 18.1 Å². The van der Waals surface area contributed by atoms with E-state index in [4.69, 9.17) is 23.5 Å². The fraction of sp³-hybridized carbons (Fsp3) is 0.730. The van der Waals surface area contributed by atoms with Crippen LogP contribution in [0, 0.1) is 58.2 Å². The molecule has 0 aromatic carbocycles. The first-order valence-corrected chi connectivity index (χ1v) is 16.9. The van der Waals surface area contributed by atoms with Crippen LogP contribution in [-0.2, 0) is 28.0 Å². The minimum Gasteiger partial charge on any atom is -0.457 e. The summed E-state index contributed by atoms with van der Waals surface area (Å²) in [5, 5.41) is 0. The highest BCUT2D eigenvalue weighted by atomic mass is 16.6. The second kappa shape index (κ2) is 9.65. The number of ether oxygens (including phenoxy) is 1. The molecule has 2 aromatic rings. The van der Waals surface area contributed by atoms with Gasteiger partial charge < -0.3 is 13.6 Å². The molecule has 4 saturated carbocycles. The third-order valence-electron chi connectivity index (χ3n) is 14.7. The molecule has 2 aromatic heterocycles. The molecular weight excluding hydrogens is 552 g/mol. The van der Waals surface area contributed by atoms with Crippen molar-refractivity contribution < 1.29 is 18.4 Å². The summed E-state index contributed by atoms with van der Waals surface area (Å²) in [5.41, 5.74) is 3.46. The van der Waals surface area contributed by atoms with Crippen molar-refractivity contribution >= 4 is 5.97 Å². The summed E-state index contributed by atoms with van der Waals surface area (Å²) in [4.78, 5) is 35.6. The lowest BCUT2D eigenvalue weighted by Gasteiger charge is -2.72. The Morgan fingerprint density at radius 1 is 0.955 bits per heavy atom. The first-order valence-electron chi connectivity index (χ1n) is 16.9. The van der Waals surface area contributed by atoms with E-state index in [1.807, 2.05) is 12.4 Å². The Labute approximate surface area is 261 Å². The van der Waals surface area contributed by atoms with Gasteiger partial charge in [-0.25, -0.2) is 4.79 Å². The van der Waals surface area contributed by atoms with E-state index in [0.717, 1.165) is 38.5 Å². The molecule has 5 aliphatic carbocycles. The lowest BCUT2D eigenvalue weighted by molar-refractivity contribution is -0.229. The van der Waals surface area contributed by atoms with Gasteiger partial charge >= 0.3 is 11.8 Å². The van der Waals surface area contributed by atoms with Gasteiger partial charge in [0, 0.05) is 17.8 Å². The zero-order chi connectivity index (χ0) is 31.4.